The fraction of sp³-hybridized carbons (Fsp3) is 0.158. The Labute approximate surface area is 155 Å². The molecule has 0 saturated carbocycles. The predicted molar refractivity (Wildman–Crippen MR) is 93.5 cm³/mol. The molecule has 0 aromatic heterocycles. The third-order valence-electron chi connectivity index (χ3n) is 3.48. The maximum atomic E-state index is 12.1. The molecule has 0 aliphatic rings. The molecular weight excluding hydrogens is 354 g/mol. The lowest BCUT2D eigenvalue weighted by molar-refractivity contribution is -0.123. The molecule has 27 heavy (non-hydrogen) atoms. The maximum Gasteiger partial charge on any atom is 0.338 e. The molecule has 2 aromatic carbocycles. The van der Waals surface area contributed by atoms with E-state index >= 15 is 0 Å². The van der Waals surface area contributed by atoms with E-state index in [9.17, 15) is 19.2 Å². The van der Waals surface area contributed by atoms with Gasteiger partial charge < -0.3 is 14.2 Å². The van der Waals surface area contributed by atoms with E-state index in [2.05, 4.69) is 10.1 Å². The van der Waals surface area contributed by atoms with Gasteiger partial charge in [0, 0.05) is 0 Å². The van der Waals surface area contributed by atoms with Gasteiger partial charge in [-0.25, -0.2) is 9.59 Å². The van der Waals surface area contributed by atoms with Crippen LogP contribution < -0.4 is 10.1 Å². The van der Waals surface area contributed by atoms with Crippen LogP contribution in [0, 0.1) is 0 Å². The van der Waals surface area contributed by atoms with Gasteiger partial charge in [0.1, 0.15) is 5.75 Å². The molecule has 0 fully saturated rings. The van der Waals surface area contributed by atoms with Gasteiger partial charge in [0.15, 0.2) is 6.61 Å². The summed E-state index contributed by atoms with van der Waals surface area (Å²) < 4.78 is 14.5. The smallest absolute Gasteiger partial charge is 0.338 e. The number of ether oxygens (including phenoxy) is 3. The van der Waals surface area contributed by atoms with Crippen molar-refractivity contribution >= 4 is 23.8 Å². The Morgan fingerprint density at radius 1 is 0.852 bits per heavy atom. The van der Waals surface area contributed by atoms with Crippen molar-refractivity contribution in [1.82, 2.24) is 5.32 Å². The van der Waals surface area contributed by atoms with Crippen molar-refractivity contribution in [2.24, 2.45) is 0 Å². The lowest BCUT2D eigenvalue weighted by Crippen LogP contribution is -2.34. The first-order chi connectivity index (χ1) is 13.0. The number of benzene rings is 2. The van der Waals surface area contributed by atoms with Crippen LogP contribution in [0.15, 0.2) is 48.5 Å². The number of hydrogen-bond donors (Lipinski definition) is 1. The standard InChI is InChI=1S/C19H17NO7/c1-25-15-6-4-3-5-14(15)17(22)20-16(21)11-27-19(24)13-9-7-12(8-10-13)18(23)26-2/h3-10H,11H2,1-2H3,(H,20,21,22). The Bertz CT molecular complexity index is 859. The average Bonchev–Trinajstić information content (AvgIpc) is 2.71. The molecular formula is C19H17NO7. The topological polar surface area (TPSA) is 108 Å². The van der Waals surface area contributed by atoms with Gasteiger partial charge in [-0.05, 0) is 36.4 Å². The van der Waals surface area contributed by atoms with E-state index in [0.717, 1.165) is 0 Å². The molecule has 0 spiro atoms. The number of nitrogens with one attached hydrogen (secondary N) is 1. The van der Waals surface area contributed by atoms with Crippen LogP contribution in [-0.2, 0) is 14.3 Å². The van der Waals surface area contributed by atoms with E-state index in [1.807, 2.05) is 0 Å². The molecule has 0 atom stereocenters. The summed E-state index contributed by atoms with van der Waals surface area (Å²) in [7, 11) is 2.65. The number of esters is 2. The van der Waals surface area contributed by atoms with Gasteiger partial charge in [0.05, 0.1) is 30.9 Å². The average molecular weight is 371 g/mol. The molecule has 0 unspecified atom stereocenters. The Morgan fingerprint density at radius 2 is 1.44 bits per heavy atom. The predicted octanol–water partition coefficient (Wildman–Crippen LogP) is 1.60. The van der Waals surface area contributed by atoms with Crippen LogP contribution in [0.25, 0.3) is 0 Å². The molecule has 8 heteroatoms. The van der Waals surface area contributed by atoms with E-state index in [1.54, 1.807) is 18.2 Å². The molecule has 2 rings (SSSR count). The largest absolute Gasteiger partial charge is 0.496 e. The lowest BCUT2D eigenvalue weighted by Gasteiger charge is -2.09. The van der Waals surface area contributed by atoms with Gasteiger partial charge in [-0.1, -0.05) is 12.1 Å². The number of rotatable bonds is 6. The van der Waals surface area contributed by atoms with Crippen molar-refractivity contribution in [3.05, 3.63) is 65.2 Å². The minimum Gasteiger partial charge on any atom is -0.496 e. The van der Waals surface area contributed by atoms with Gasteiger partial charge in [-0.2, -0.15) is 0 Å². The van der Waals surface area contributed by atoms with Crippen LogP contribution >= 0.6 is 0 Å². The van der Waals surface area contributed by atoms with E-state index in [1.165, 1.54) is 44.6 Å². The zero-order valence-corrected chi connectivity index (χ0v) is 14.7. The highest BCUT2D eigenvalue weighted by molar-refractivity contribution is 6.07. The highest BCUT2D eigenvalue weighted by atomic mass is 16.5. The SMILES string of the molecule is COC(=O)c1ccc(C(=O)OCC(=O)NC(=O)c2ccccc2OC)cc1. The van der Waals surface area contributed by atoms with E-state index in [4.69, 9.17) is 9.47 Å². The number of hydrogen-bond acceptors (Lipinski definition) is 7. The van der Waals surface area contributed by atoms with Crippen molar-refractivity contribution in [3.8, 4) is 5.75 Å². The van der Waals surface area contributed by atoms with Crippen LogP contribution in [0.1, 0.15) is 31.1 Å². The van der Waals surface area contributed by atoms with Crippen molar-refractivity contribution < 1.29 is 33.4 Å². The molecule has 8 nitrogen and oxygen atoms in total. The summed E-state index contributed by atoms with van der Waals surface area (Å²) in [5, 5.41) is 2.11. The fourth-order valence-corrected chi connectivity index (χ4v) is 2.14. The summed E-state index contributed by atoms with van der Waals surface area (Å²) in [5.74, 6) is -2.46. The van der Waals surface area contributed by atoms with Gasteiger partial charge in [0.25, 0.3) is 11.8 Å². The monoisotopic (exact) mass is 371 g/mol. The number of para-hydroxylation sites is 1. The van der Waals surface area contributed by atoms with Crippen molar-refractivity contribution in [3.63, 3.8) is 0 Å². The van der Waals surface area contributed by atoms with Gasteiger partial charge in [0.2, 0.25) is 0 Å². The molecule has 0 saturated heterocycles. The first kappa shape index (κ1) is 19.6. The third-order valence-corrected chi connectivity index (χ3v) is 3.48. The molecule has 0 bridgehead atoms. The minimum atomic E-state index is -0.787. The summed E-state index contributed by atoms with van der Waals surface area (Å²) in [6.45, 7) is -0.640. The molecule has 140 valence electrons. The van der Waals surface area contributed by atoms with E-state index in [0.29, 0.717) is 5.75 Å². The summed E-state index contributed by atoms with van der Waals surface area (Å²) in [4.78, 5) is 47.2. The summed E-state index contributed by atoms with van der Waals surface area (Å²) in [6, 6.07) is 11.9. The molecule has 1 N–H and O–H groups in total. The van der Waals surface area contributed by atoms with Gasteiger partial charge >= 0.3 is 11.9 Å². The molecule has 0 radical (unpaired) electrons. The first-order valence-corrected chi connectivity index (χ1v) is 7.79. The Morgan fingerprint density at radius 3 is 2.04 bits per heavy atom. The highest BCUT2D eigenvalue weighted by Crippen LogP contribution is 2.16. The molecule has 0 aliphatic carbocycles. The van der Waals surface area contributed by atoms with Crippen LogP contribution in [0.5, 0.6) is 5.75 Å². The van der Waals surface area contributed by atoms with Gasteiger partial charge in [-0.15, -0.1) is 0 Å². The quantitative estimate of drug-likeness (QED) is 0.768. The maximum absolute atomic E-state index is 12.1. The van der Waals surface area contributed by atoms with Crippen LogP contribution in [0.4, 0.5) is 0 Å². The second-order valence-electron chi connectivity index (χ2n) is 5.22. The van der Waals surface area contributed by atoms with Crippen LogP contribution in [0.3, 0.4) is 0 Å². The normalized spacial score (nSPS) is 9.85. The zero-order chi connectivity index (χ0) is 19.8. The molecule has 0 aliphatic heterocycles. The highest BCUT2D eigenvalue weighted by Gasteiger charge is 2.16. The first-order valence-electron chi connectivity index (χ1n) is 7.79. The zero-order valence-electron chi connectivity index (χ0n) is 14.7. The number of carbonyl (C=O) groups is 4. The Hall–Kier alpha value is -3.68. The fourth-order valence-electron chi connectivity index (χ4n) is 2.14. The summed E-state index contributed by atoms with van der Waals surface area (Å²) in [6.07, 6.45) is 0. The molecule has 2 amide bonds. The van der Waals surface area contributed by atoms with E-state index < -0.39 is 30.4 Å². The van der Waals surface area contributed by atoms with E-state index in [-0.39, 0.29) is 16.7 Å². The van der Waals surface area contributed by atoms with Crippen molar-refractivity contribution in [2.75, 3.05) is 20.8 Å². The molecule has 0 heterocycles. The van der Waals surface area contributed by atoms with Crippen molar-refractivity contribution in [2.45, 2.75) is 0 Å². The number of imide groups is 1. The van der Waals surface area contributed by atoms with Gasteiger partial charge in [-0.3, -0.25) is 14.9 Å². The Kier molecular flexibility index (Phi) is 6.65. The second kappa shape index (κ2) is 9.14. The third kappa shape index (κ3) is 5.15. The lowest BCUT2D eigenvalue weighted by atomic mass is 10.1. The second-order valence-corrected chi connectivity index (χ2v) is 5.22. The summed E-state index contributed by atoms with van der Waals surface area (Å²) in [5.41, 5.74) is 0.596. The van der Waals surface area contributed by atoms with Crippen molar-refractivity contribution in [1.29, 1.82) is 0 Å². The molecule has 2 aromatic rings. The minimum absolute atomic E-state index is 0.145. The summed E-state index contributed by atoms with van der Waals surface area (Å²) >= 11 is 0. The number of amides is 2. The number of carbonyl (C=O) groups excluding carboxylic acids is 4. The Balaban J connectivity index is 1.90. The number of methoxy groups -OCH3 is 2. The van der Waals surface area contributed by atoms with Crippen LogP contribution in [0.2, 0.25) is 0 Å². The van der Waals surface area contributed by atoms with Crippen LogP contribution in [-0.4, -0.2) is 44.6 Å².